The summed E-state index contributed by atoms with van der Waals surface area (Å²) < 4.78 is 23.3. The lowest BCUT2D eigenvalue weighted by molar-refractivity contribution is -0.870. The van der Waals surface area contributed by atoms with Gasteiger partial charge in [0.25, 0.3) is 7.82 Å². The molecular formula is C56H109N2O6P. The highest BCUT2D eigenvalue weighted by Gasteiger charge is 2.24. The Morgan fingerprint density at radius 3 is 1.29 bits per heavy atom. The first-order valence-corrected chi connectivity index (χ1v) is 29.3. The van der Waals surface area contributed by atoms with E-state index in [-0.39, 0.29) is 19.1 Å². The Morgan fingerprint density at radius 1 is 0.538 bits per heavy atom. The molecule has 0 radical (unpaired) electrons. The summed E-state index contributed by atoms with van der Waals surface area (Å²) in [6.07, 6.45) is 60.3. The number of nitrogens with zero attached hydrogens (tertiary/aromatic N) is 1. The first-order valence-electron chi connectivity index (χ1n) is 27.8. The number of amides is 1. The van der Waals surface area contributed by atoms with Crippen LogP contribution in [0, 0.1) is 0 Å². The first kappa shape index (κ1) is 63.7. The van der Waals surface area contributed by atoms with Crippen molar-refractivity contribution in [2.45, 2.75) is 276 Å². The maximum Gasteiger partial charge on any atom is 0.268 e. The van der Waals surface area contributed by atoms with Gasteiger partial charge in [-0.1, -0.05) is 243 Å². The number of nitrogens with one attached hydrogen (secondary N) is 1. The Bertz CT molecular complexity index is 1150. The molecule has 0 aromatic rings. The first-order chi connectivity index (χ1) is 31.5. The van der Waals surface area contributed by atoms with Crippen molar-refractivity contribution >= 4 is 13.7 Å². The average Bonchev–Trinajstić information content (AvgIpc) is 3.26. The molecule has 0 bridgehead atoms. The fourth-order valence-electron chi connectivity index (χ4n) is 8.22. The van der Waals surface area contributed by atoms with E-state index in [1.807, 2.05) is 21.1 Å². The number of hydrogen-bond acceptors (Lipinski definition) is 6. The highest BCUT2D eigenvalue weighted by atomic mass is 31.2. The summed E-state index contributed by atoms with van der Waals surface area (Å²) in [5, 5.41) is 14.0. The predicted molar refractivity (Wildman–Crippen MR) is 279 cm³/mol. The van der Waals surface area contributed by atoms with Gasteiger partial charge in [-0.15, -0.1) is 0 Å². The van der Waals surface area contributed by atoms with Crippen LogP contribution in [-0.2, 0) is 18.4 Å². The minimum atomic E-state index is -4.57. The van der Waals surface area contributed by atoms with Crippen LogP contribution < -0.4 is 10.2 Å². The van der Waals surface area contributed by atoms with E-state index in [1.165, 1.54) is 186 Å². The molecule has 9 heteroatoms. The topological polar surface area (TPSA) is 108 Å². The number of carbonyl (C=O) groups excluding carboxylic acids is 1. The van der Waals surface area contributed by atoms with Gasteiger partial charge in [0.15, 0.2) is 0 Å². The van der Waals surface area contributed by atoms with Crippen molar-refractivity contribution in [2.24, 2.45) is 0 Å². The highest BCUT2D eigenvalue weighted by molar-refractivity contribution is 7.45. The molecule has 0 saturated heterocycles. The molecule has 8 nitrogen and oxygen atoms in total. The molecule has 65 heavy (non-hydrogen) atoms. The summed E-state index contributed by atoms with van der Waals surface area (Å²) in [6.45, 7) is 4.72. The largest absolute Gasteiger partial charge is 0.756 e. The summed E-state index contributed by atoms with van der Waals surface area (Å²) in [5.41, 5.74) is 0. The Hall–Kier alpha value is -1.28. The fraction of sp³-hybridized carbons (Fsp3) is 0.875. The van der Waals surface area contributed by atoms with Crippen molar-refractivity contribution in [3.05, 3.63) is 36.5 Å². The monoisotopic (exact) mass is 937 g/mol. The van der Waals surface area contributed by atoms with Crippen LogP contribution in [0.5, 0.6) is 0 Å². The molecule has 0 aromatic carbocycles. The van der Waals surface area contributed by atoms with Crippen molar-refractivity contribution in [2.75, 3.05) is 40.9 Å². The van der Waals surface area contributed by atoms with Crippen LogP contribution in [-0.4, -0.2) is 68.5 Å². The molecular weight excluding hydrogens is 828 g/mol. The predicted octanol–water partition coefficient (Wildman–Crippen LogP) is 16.0. The van der Waals surface area contributed by atoms with E-state index in [9.17, 15) is 19.4 Å². The summed E-state index contributed by atoms with van der Waals surface area (Å²) in [6, 6.07) is -0.798. The molecule has 0 aliphatic carbocycles. The summed E-state index contributed by atoms with van der Waals surface area (Å²) >= 11 is 0. The van der Waals surface area contributed by atoms with E-state index >= 15 is 0 Å². The highest BCUT2D eigenvalue weighted by Crippen LogP contribution is 2.38. The molecule has 1 amide bonds. The summed E-state index contributed by atoms with van der Waals surface area (Å²) in [5.74, 6) is -0.164. The molecule has 0 aliphatic heterocycles. The molecule has 0 rings (SSSR count). The number of allylic oxidation sites excluding steroid dienone is 6. The lowest BCUT2D eigenvalue weighted by Crippen LogP contribution is -2.46. The number of quaternary nitrogens is 1. The molecule has 3 atom stereocenters. The third-order valence-electron chi connectivity index (χ3n) is 12.6. The number of rotatable bonds is 51. The van der Waals surface area contributed by atoms with E-state index < -0.39 is 20.0 Å². The van der Waals surface area contributed by atoms with Crippen molar-refractivity contribution in [3.8, 4) is 0 Å². The van der Waals surface area contributed by atoms with Crippen molar-refractivity contribution in [1.82, 2.24) is 5.32 Å². The molecule has 0 spiro atoms. The quantitative estimate of drug-likeness (QED) is 0.0272. The maximum absolute atomic E-state index is 12.9. The number of phosphoric ester groups is 1. The van der Waals surface area contributed by atoms with Crippen molar-refractivity contribution in [3.63, 3.8) is 0 Å². The normalized spacial score (nSPS) is 14.3. The van der Waals surface area contributed by atoms with Gasteiger partial charge in [0, 0.05) is 6.42 Å². The minimum Gasteiger partial charge on any atom is -0.756 e. The Labute approximate surface area is 404 Å². The number of carbonyl (C=O) groups is 1. The van der Waals surface area contributed by atoms with Crippen LogP contribution in [0.3, 0.4) is 0 Å². The van der Waals surface area contributed by atoms with Crippen LogP contribution >= 0.6 is 7.82 Å². The second-order valence-corrected chi connectivity index (χ2v) is 21.7. The third kappa shape index (κ3) is 50.4. The third-order valence-corrected chi connectivity index (χ3v) is 13.6. The maximum atomic E-state index is 12.9. The standard InChI is InChI=1S/C56H109N2O6P/c1-6-8-10-12-14-16-18-20-21-22-23-24-25-26-27-28-29-30-31-32-33-34-35-36-37-38-40-42-44-46-48-50-56(60)57-54(53-64-65(61,62)63-52-51-58(3,4)5)55(59)49-47-45-43-41-39-19-17-15-13-11-9-7-2/h18,20,22-23,25-26,54-55,59H,6-17,19,21,24,27-53H2,1-5H3,(H-,57,60,61,62)/b20-18-,23-22-,26-25-. The molecule has 384 valence electrons. The van der Waals surface area contributed by atoms with Gasteiger partial charge < -0.3 is 28.8 Å². The van der Waals surface area contributed by atoms with Crippen molar-refractivity contribution < 1.29 is 32.9 Å². The van der Waals surface area contributed by atoms with E-state index in [0.29, 0.717) is 23.9 Å². The van der Waals surface area contributed by atoms with Crippen LogP contribution in [0.15, 0.2) is 36.5 Å². The van der Waals surface area contributed by atoms with Gasteiger partial charge in [-0.3, -0.25) is 9.36 Å². The van der Waals surface area contributed by atoms with Gasteiger partial charge in [0.1, 0.15) is 13.2 Å². The summed E-state index contributed by atoms with van der Waals surface area (Å²) in [7, 11) is 1.31. The molecule has 0 fully saturated rings. The molecule has 2 N–H and O–H groups in total. The van der Waals surface area contributed by atoms with E-state index in [0.717, 1.165) is 51.4 Å². The molecule has 0 heterocycles. The summed E-state index contributed by atoms with van der Waals surface area (Å²) in [4.78, 5) is 25.4. The zero-order valence-electron chi connectivity index (χ0n) is 43.7. The Morgan fingerprint density at radius 2 is 0.892 bits per heavy atom. The van der Waals surface area contributed by atoms with Gasteiger partial charge in [-0.2, -0.15) is 0 Å². The second kappa shape index (κ2) is 47.8. The van der Waals surface area contributed by atoms with Crippen LogP contribution in [0.25, 0.3) is 0 Å². The van der Waals surface area contributed by atoms with Gasteiger partial charge >= 0.3 is 0 Å². The van der Waals surface area contributed by atoms with Gasteiger partial charge in [0.05, 0.1) is 39.9 Å². The van der Waals surface area contributed by atoms with Crippen LogP contribution in [0.4, 0.5) is 0 Å². The van der Waals surface area contributed by atoms with Crippen molar-refractivity contribution in [1.29, 1.82) is 0 Å². The zero-order valence-corrected chi connectivity index (χ0v) is 44.6. The number of aliphatic hydroxyl groups excluding tert-OH is 1. The van der Waals surface area contributed by atoms with Gasteiger partial charge in [-0.05, 0) is 51.4 Å². The molecule has 0 aromatic heterocycles. The average molecular weight is 937 g/mol. The van der Waals surface area contributed by atoms with Crippen LogP contribution in [0.2, 0.25) is 0 Å². The Kier molecular flexibility index (Phi) is 46.8. The van der Waals surface area contributed by atoms with E-state index in [2.05, 4.69) is 55.6 Å². The lowest BCUT2D eigenvalue weighted by Gasteiger charge is -2.30. The molecule has 0 aliphatic rings. The zero-order chi connectivity index (χ0) is 47.8. The molecule has 3 unspecified atom stereocenters. The SMILES string of the molecule is CCCCCCC/C=C\C/C=C\C/C=C\CCCCCCCCCCCCCCCCCCC(=O)NC(COP(=O)([O-])OCC[N+](C)(C)C)C(O)CCCCCCCCCCCCCC. The van der Waals surface area contributed by atoms with Gasteiger partial charge in [0.2, 0.25) is 5.91 Å². The van der Waals surface area contributed by atoms with E-state index in [4.69, 9.17) is 9.05 Å². The lowest BCUT2D eigenvalue weighted by atomic mass is 10.0. The van der Waals surface area contributed by atoms with E-state index in [1.54, 1.807) is 0 Å². The number of aliphatic hydroxyl groups is 1. The number of likely N-dealkylation sites (N-methyl/N-ethyl adjacent to an activating group) is 1. The second-order valence-electron chi connectivity index (χ2n) is 20.3. The molecule has 0 saturated carbocycles. The minimum absolute atomic E-state index is 0.0130. The number of unbranched alkanes of at least 4 members (excludes halogenated alkanes) is 32. The van der Waals surface area contributed by atoms with Gasteiger partial charge in [-0.25, -0.2) is 0 Å². The van der Waals surface area contributed by atoms with Crippen LogP contribution in [0.1, 0.15) is 264 Å². The Balaban J connectivity index is 4.02. The number of hydrogen-bond donors (Lipinski definition) is 2. The number of phosphoric acid groups is 1. The smallest absolute Gasteiger partial charge is 0.268 e. The fourth-order valence-corrected chi connectivity index (χ4v) is 8.95.